The Morgan fingerprint density at radius 2 is 1.94 bits per heavy atom. The van der Waals surface area contributed by atoms with Crippen LogP contribution in [0, 0.1) is 6.92 Å². The number of likely N-dealkylation sites (N-methyl/N-ethyl adjacent to an activating group) is 1. The normalized spacial score (nSPS) is 13.4. The van der Waals surface area contributed by atoms with E-state index < -0.39 is 6.43 Å². The van der Waals surface area contributed by atoms with E-state index in [2.05, 4.69) is 0 Å². The Morgan fingerprint density at radius 3 is 2.44 bits per heavy atom. The van der Waals surface area contributed by atoms with Crippen molar-refractivity contribution in [1.82, 2.24) is 4.90 Å². The third-order valence-corrected chi connectivity index (χ3v) is 2.73. The monoisotopic (exact) mass is 228 g/mol. The van der Waals surface area contributed by atoms with Crippen LogP contribution in [0.5, 0.6) is 0 Å². The predicted molar refractivity (Wildman–Crippen MR) is 61.6 cm³/mol. The standard InChI is InChI=1S/C12H18F2N2/c1-9-5-3-4-6-10(9)11(7-15)16(2)8-12(13)14/h3-6,11-12H,7-8,15H2,1-2H3. The van der Waals surface area contributed by atoms with Crippen molar-refractivity contribution in [2.24, 2.45) is 5.73 Å². The second-order valence-electron chi connectivity index (χ2n) is 3.94. The zero-order valence-corrected chi connectivity index (χ0v) is 9.66. The molecule has 1 atom stereocenters. The van der Waals surface area contributed by atoms with Crippen molar-refractivity contribution in [3.8, 4) is 0 Å². The van der Waals surface area contributed by atoms with Gasteiger partial charge in [-0.25, -0.2) is 8.78 Å². The maximum absolute atomic E-state index is 12.3. The van der Waals surface area contributed by atoms with Crippen molar-refractivity contribution < 1.29 is 8.78 Å². The largest absolute Gasteiger partial charge is 0.329 e. The van der Waals surface area contributed by atoms with E-state index in [0.29, 0.717) is 6.54 Å². The number of rotatable bonds is 5. The number of hydrogen-bond donors (Lipinski definition) is 1. The summed E-state index contributed by atoms with van der Waals surface area (Å²) in [7, 11) is 1.68. The molecule has 0 saturated heterocycles. The van der Waals surface area contributed by atoms with Gasteiger partial charge in [0.2, 0.25) is 0 Å². The topological polar surface area (TPSA) is 29.3 Å². The molecule has 0 radical (unpaired) electrons. The second-order valence-corrected chi connectivity index (χ2v) is 3.94. The van der Waals surface area contributed by atoms with E-state index in [1.165, 1.54) is 0 Å². The first-order valence-corrected chi connectivity index (χ1v) is 5.30. The minimum Gasteiger partial charge on any atom is -0.329 e. The lowest BCUT2D eigenvalue weighted by atomic mass is 10.0. The van der Waals surface area contributed by atoms with Crippen LogP contribution < -0.4 is 5.73 Å². The Hall–Kier alpha value is -1.00. The number of alkyl halides is 2. The van der Waals surface area contributed by atoms with Crippen LogP contribution in [0.25, 0.3) is 0 Å². The first-order chi connectivity index (χ1) is 7.56. The molecule has 0 bridgehead atoms. The molecule has 4 heteroatoms. The van der Waals surface area contributed by atoms with Gasteiger partial charge in [-0.3, -0.25) is 4.90 Å². The molecule has 1 aromatic carbocycles. The van der Waals surface area contributed by atoms with Crippen molar-refractivity contribution in [3.05, 3.63) is 35.4 Å². The average Bonchev–Trinajstić information content (AvgIpc) is 2.20. The minimum absolute atomic E-state index is 0.143. The van der Waals surface area contributed by atoms with E-state index in [9.17, 15) is 8.78 Å². The van der Waals surface area contributed by atoms with Crippen LogP contribution in [0.1, 0.15) is 17.2 Å². The van der Waals surface area contributed by atoms with Gasteiger partial charge in [0.05, 0.1) is 6.54 Å². The Morgan fingerprint density at radius 1 is 1.31 bits per heavy atom. The van der Waals surface area contributed by atoms with Gasteiger partial charge in [-0.1, -0.05) is 24.3 Å². The number of halogens is 2. The smallest absolute Gasteiger partial charge is 0.251 e. The van der Waals surface area contributed by atoms with Gasteiger partial charge in [-0.15, -0.1) is 0 Å². The lowest BCUT2D eigenvalue weighted by Gasteiger charge is -2.28. The zero-order chi connectivity index (χ0) is 12.1. The van der Waals surface area contributed by atoms with Gasteiger partial charge in [0.25, 0.3) is 6.43 Å². The number of benzene rings is 1. The van der Waals surface area contributed by atoms with Crippen LogP contribution in [0.2, 0.25) is 0 Å². The number of aryl methyl sites for hydroxylation is 1. The summed E-state index contributed by atoms with van der Waals surface area (Å²) in [6, 6.07) is 7.60. The van der Waals surface area contributed by atoms with Crippen molar-refractivity contribution in [2.45, 2.75) is 19.4 Å². The molecule has 0 amide bonds. The molecule has 1 rings (SSSR count). The van der Waals surface area contributed by atoms with Crippen LogP contribution in [0.4, 0.5) is 8.78 Å². The minimum atomic E-state index is -2.33. The molecular formula is C12H18F2N2. The second kappa shape index (κ2) is 5.92. The van der Waals surface area contributed by atoms with Gasteiger partial charge in [0.15, 0.2) is 0 Å². The molecule has 1 unspecified atom stereocenters. The number of nitrogens with zero attached hydrogens (tertiary/aromatic N) is 1. The van der Waals surface area contributed by atoms with Crippen molar-refractivity contribution in [2.75, 3.05) is 20.1 Å². The highest BCUT2D eigenvalue weighted by Crippen LogP contribution is 2.22. The van der Waals surface area contributed by atoms with Gasteiger partial charge < -0.3 is 5.73 Å². The molecule has 90 valence electrons. The third-order valence-electron chi connectivity index (χ3n) is 2.73. The van der Waals surface area contributed by atoms with Gasteiger partial charge in [0, 0.05) is 12.6 Å². The van der Waals surface area contributed by atoms with E-state index >= 15 is 0 Å². The SMILES string of the molecule is Cc1ccccc1C(CN)N(C)CC(F)F. The summed E-state index contributed by atoms with van der Waals surface area (Å²) >= 11 is 0. The summed E-state index contributed by atoms with van der Waals surface area (Å²) in [5, 5.41) is 0. The highest BCUT2D eigenvalue weighted by atomic mass is 19.3. The molecule has 2 N–H and O–H groups in total. The van der Waals surface area contributed by atoms with Crippen LogP contribution in [0.15, 0.2) is 24.3 Å². The maximum Gasteiger partial charge on any atom is 0.251 e. The third kappa shape index (κ3) is 3.25. The Labute approximate surface area is 95.1 Å². The fraction of sp³-hybridized carbons (Fsp3) is 0.500. The molecule has 2 nitrogen and oxygen atoms in total. The molecule has 0 heterocycles. The lowest BCUT2D eigenvalue weighted by Crippen LogP contribution is -2.34. The molecular weight excluding hydrogens is 210 g/mol. The van der Waals surface area contributed by atoms with Crippen molar-refractivity contribution >= 4 is 0 Å². The van der Waals surface area contributed by atoms with Gasteiger partial charge >= 0.3 is 0 Å². The molecule has 0 saturated carbocycles. The molecule has 16 heavy (non-hydrogen) atoms. The van der Waals surface area contributed by atoms with E-state index in [4.69, 9.17) is 5.73 Å². The highest BCUT2D eigenvalue weighted by Gasteiger charge is 2.19. The van der Waals surface area contributed by atoms with E-state index in [0.717, 1.165) is 11.1 Å². The van der Waals surface area contributed by atoms with Crippen LogP contribution in [-0.2, 0) is 0 Å². The molecule has 0 spiro atoms. The molecule has 1 aromatic rings. The summed E-state index contributed by atoms with van der Waals surface area (Å²) in [5.74, 6) is 0. The van der Waals surface area contributed by atoms with E-state index in [1.807, 2.05) is 31.2 Å². The Kier molecular flexibility index (Phi) is 4.83. The first-order valence-electron chi connectivity index (χ1n) is 5.30. The maximum atomic E-state index is 12.3. The fourth-order valence-electron chi connectivity index (χ4n) is 1.85. The van der Waals surface area contributed by atoms with Crippen LogP contribution in [-0.4, -0.2) is 31.5 Å². The Balaban J connectivity index is 2.86. The number of nitrogens with two attached hydrogens (primary N) is 1. The Bertz CT molecular complexity index is 329. The quantitative estimate of drug-likeness (QED) is 0.837. The molecule has 0 aromatic heterocycles. The molecule has 0 aliphatic heterocycles. The van der Waals surface area contributed by atoms with Gasteiger partial charge in [-0.2, -0.15) is 0 Å². The van der Waals surface area contributed by atoms with Gasteiger partial charge in [-0.05, 0) is 25.1 Å². The molecule has 0 aliphatic carbocycles. The first kappa shape index (κ1) is 13.1. The number of hydrogen-bond acceptors (Lipinski definition) is 2. The summed E-state index contributed by atoms with van der Waals surface area (Å²) in [6.45, 7) is 2.05. The van der Waals surface area contributed by atoms with E-state index in [-0.39, 0.29) is 12.6 Å². The highest BCUT2D eigenvalue weighted by molar-refractivity contribution is 5.29. The zero-order valence-electron chi connectivity index (χ0n) is 9.66. The van der Waals surface area contributed by atoms with E-state index in [1.54, 1.807) is 11.9 Å². The summed E-state index contributed by atoms with van der Waals surface area (Å²) in [6.07, 6.45) is -2.33. The van der Waals surface area contributed by atoms with Crippen molar-refractivity contribution in [3.63, 3.8) is 0 Å². The predicted octanol–water partition coefficient (Wildman–Crippen LogP) is 2.19. The molecule has 0 aliphatic rings. The lowest BCUT2D eigenvalue weighted by molar-refractivity contribution is 0.0821. The van der Waals surface area contributed by atoms with Crippen LogP contribution >= 0.6 is 0 Å². The molecule has 0 fully saturated rings. The van der Waals surface area contributed by atoms with Crippen LogP contribution in [0.3, 0.4) is 0 Å². The summed E-state index contributed by atoms with van der Waals surface area (Å²) in [5.41, 5.74) is 7.77. The van der Waals surface area contributed by atoms with Crippen molar-refractivity contribution in [1.29, 1.82) is 0 Å². The van der Waals surface area contributed by atoms with Gasteiger partial charge in [0.1, 0.15) is 0 Å². The summed E-state index contributed by atoms with van der Waals surface area (Å²) in [4.78, 5) is 1.60. The fourth-order valence-corrected chi connectivity index (χ4v) is 1.85. The summed E-state index contributed by atoms with van der Waals surface area (Å²) < 4.78 is 24.6. The average molecular weight is 228 g/mol.